The number of hydrogen-bond donors (Lipinski definition) is 0. The molecule has 0 fully saturated rings. The number of thiophene rings is 1. The number of pyridine rings is 1. The summed E-state index contributed by atoms with van der Waals surface area (Å²) >= 11 is 1.76. The Morgan fingerprint density at radius 2 is 2.12 bits per heavy atom. The van der Waals surface area contributed by atoms with Gasteiger partial charge in [-0.05, 0) is 34.5 Å². The van der Waals surface area contributed by atoms with Crippen molar-refractivity contribution in [1.82, 2.24) is 19.7 Å². The Morgan fingerprint density at radius 1 is 1.25 bits per heavy atom. The van der Waals surface area contributed by atoms with Crippen LogP contribution in [-0.4, -0.2) is 26.2 Å². The third-order valence-electron chi connectivity index (χ3n) is 4.42. The second-order valence-electron chi connectivity index (χ2n) is 6.06. The molecule has 0 radical (unpaired) electrons. The van der Waals surface area contributed by atoms with Gasteiger partial charge in [0.25, 0.3) is 0 Å². The predicted octanol–water partition coefficient (Wildman–Crippen LogP) is 3.01. The van der Waals surface area contributed by atoms with Crippen LogP contribution < -0.4 is 4.74 Å². The molecule has 4 rings (SSSR count). The van der Waals surface area contributed by atoms with E-state index in [0.717, 1.165) is 37.5 Å². The number of ether oxygens (including phenoxy) is 1. The van der Waals surface area contributed by atoms with Gasteiger partial charge in [-0.1, -0.05) is 0 Å². The van der Waals surface area contributed by atoms with Crippen molar-refractivity contribution in [1.29, 1.82) is 0 Å². The molecular weight excluding hydrogens is 320 g/mol. The first-order valence-corrected chi connectivity index (χ1v) is 9.04. The Morgan fingerprint density at radius 3 is 2.92 bits per heavy atom. The fraction of sp³-hybridized carbons (Fsp3) is 0.333. The molecule has 124 valence electrons. The smallest absolute Gasteiger partial charge is 0.132 e. The molecule has 5 nitrogen and oxygen atoms in total. The normalized spacial score (nSPS) is 14.5. The van der Waals surface area contributed by atoms with Gasteiger partial charge in [0.1, 0.15) is 18.1 Å². The average molecular weight is 340 g/mol. The molecule has 0 bridgehead atoms. The molecule has 1 aliphatic heterocycles. The van der Waals surface area contributed by atoms with Gasteiger partial charge in [0.2, 0.25) is 0 Å². The Labute approximate surface area is 145 Å². The molecular formula is C18H20N4OS. The third-order valence-corrected chi connectivity index (χ3v) is 5.15. The molecule has 0 spiro atoms. The van der Waals surface area contributed by atoms with E-state index >= 15 is 0 Å². The summed E-state index contributed by atoms with van der Waals surface area (Å²) in [4.78, 5) is 6.50. The first-order valence-electron chi connectivity index (χ1n) is 8.09. The van der Waals surface area contributed by atoms with Crippen LogP contribution in [-0.2, 0) is 33.2 Å². The van der Waals surface area contributed by atoms with E-state index in [1.807, 2.05) is 23.9 Å². The van der Waals surface area contributed by atoms with Crippen molar-refractivity contribution < 1.29 is 4.74 Å². The van der Waals surface area contributed by atoms with Crippen LogP contribution in [0.5, 0.6) is 5.75 Å². The minimum absolute atomic E-state index is 0.499. The van der Waals surface area contributed by atoms with Crippen molar-refractivity contribution in [2.24, 2.45) is 7.05 Å². The van der Waals surface area contributed by atoms with E-state index in [4.69, 9.17) is 9.84 Å². The number of aryl methyl sites for hydroxylation is 1. The lowest BCUT2D eigenvalue weighted by Crippen LogP contribution is -2.30. The van der Waals surface area contributed by atoms with Gasteiger partial charge in [0.15, 0.2) is 0 Å². The Hall–Kier alpha value is -2.18. The quantitative estimate of drug-likeness (QED) is 0.716. The number of aromatic nitrogens is 3. The van der Waals surface area contributed by atoms with E-state index in [1.165, 1.54) is 16.8 Å². The molecule has 24 heavy (non-hydrogen) atoms. The van der Waals surface area contributed by atoms with Gasteiger partial charge in [0, 0.05) is 56.8 Å². The standard InChI is InChI=1S/C18H20N4OS/c1-21-18-4-8-22(10-14-5-9-24-13-14)11-16(18)17(20-21)12-23-15-2-6-19-7-3-15/h2-3,5-7,9,13H,4,8,10-12H2,1H3. The fourth-order valence-corrected chi connectivity index (χ4v) is 3.86. The summed E-state index contributed by atoms with van der Waals surface area (Å²) in [6.07, 6.45) is 4.52. The summed E-state index contributed by atoms with van der Waals surface area (Å²) in [7, 11) is 2.03. The highest BCUT2D eigenvalue weighted by atomic mass is 32.1. The van der Waals surface area contributed by atoms with Crippen molar-refractivity contribution in [3.63, 3.8) is 0 Å². The molecule has 0 aromatic carbocycles. The van der Waals surface area contributed by atoms with Crippen molar-refractivity contribution in [3.05, 3.63) is 63.9 Å². The Kier molecular flexibility index (Phi) is 4.32. The molecule has 3 aromatic rings. The maximum Gasteiger partial charge on any atom is 0.132 e. The molecule has 0 saturated carbocycles. The molecule has 0 atom stereocenters. The highest BCUT2D eigenvalue weighted by Gasteiger charge is 2.24. The number of fused-ring (bicyclic) bond motifs is 1. The molecule has 0 N–H and O–H groups in total. The molecule has 1 aliphatic rings. The largest absolute Gasteiger partial charge is 0.487 e. The van der Waals surface area contributed by atoms with Crippen molar-refractivity contribution >= 4 is 11.3 Å². The van der Waals surface area contributed by atoms with Gasteiger partial charge in [-0.2, -0.15) is 16.4 Å². The zero-order valence-corrected chi connectivity index (χ0v) is 14.5. The van der Waals surface area contributed by atoms with Gasteiger partial charge in [0.05, 0.1) is 0 Å². The SMILES string of the molecule is Cn1nc(COc2ccncc2)c2c1CCN(Cc1ccsc1)C2. The van der Waals surface area contributed by atoms with Crippen LogP contribution >= 0.6 is 11.3 Å². The van der Waals surface area contributed by atoms with Gasteiger partial charge in [-0.25, -0.2) is 0 Å². The summed E-state index contributed by atoms with van der Waals surface area (Å²) in [5.41, 5.74) is 5.10. The number of rotatable bonds is 5. The summed E-state index contributed by atoms with van der Waals surface area (Å²) in [5.74, 6) is 0.829. The van der Waals surface area contributed by atoms with E-state index in [-0.39, 0.29) is 0 Å². The van der Waals surface area contributed by atoms with Crippen LogP contribution in [0.1, 0.15) is 22.5 Å². The third kappa shape index (κ3) is 3.20. The van der Waals surface area contributed by atoms with E-state index in [2.05, 4.69) is 26.7 Å². The van der Waals surface area contributed by atoms with E-state index in [9.17, 15) is 0 Å². The molecule has 0 saturated heterocycles. The lowest BCUT2D eigenvalue weighted by atomic mass is 10.0. The Balaban J connectivity index is 1.49. The van der Waals surface area contributed by atoms with Crippen LogP contribution in [0.4, 0.5) is 0 Å². The minimum atomic E-state index is 0.499. The summed E-state index contributed by atoms with van der Waals surface area (Å²) in [6, 6.07) is 5.95. The zero-order chi connectivity index (χ0) is 16.4. The van der Waals surface area contributed by atoms with E-state index < -0.39 is 0 Å². The first-order chi connectivity index (χ1) is 11.8. The van der Waals surface area contributed by atoms with Crippen LogP contribution in [0.3, 0.4) is 0 Å². The maximum atomic E-state index is 5.88. The van der Waals surface area contributed by atoms with E-state index in [1.54, 1.807) is 23.7 Å². The molecule has 0 amide bonds. The molecule has 3 aromatic heterocycles. The molecule has 4 heterocycles. The molecule has 0 aliphatic carbocycles. The summed E-state index contributed by atoms with van der Waals surface area (Å²) in [6.45, 7) is 3.52. The summed E-state index contributed by atoms with van der Waals surface area (Å²) in [5, 5.41) is 9.06. The monoisotopic (exact) mass is 340 g/mol. The zero-order valence-electron chi connectivity index (χ0n) is 13.7. The van der Waals surface area contributed by atoms with E-state index in [0.29, 0.717) is 6.61 Å². The second-order valence-corrected chi connectivity index (χ2v) is 6.84. The minimum Gasteiger partial charge on any atom is -0.487 e. The lowest BCUT2D eigenvalue weighted by molar-refractivity contribution is 0.239. The maximum absolute atomic E-state index is 5.88. The Bertz CT molecular complexity index is 798. The molecule has 6 heteroatoms. The number of nitrogens with zero attached hydrogens (tertiary/aromatic N) is 4. The van der Waals surface area contributed by atoms with Crippen molar-refractivity contribution in [2.75, 3.05) is 6.54 Å². The second kappa shape index (κ2) is 6.75. The van der Waals surface area contributed by atoms with Crippen LogP contribution in [0, 0.1) is 0 Å². The van der Waals surface area contributed by atoms with Gasteiger partial charge < -0.3 is 4.74 Å². The highest BCUT2D eigenvalue weighted by molar-refractivity contribution is 7.07. The topological polar surface area (TPSA) is 43.2 Å². The van der Waals surface area contributed by atoms with Crippen LogP contribution in [0.25, 0.3) is 0 Å². The van der Waals surface area contributed by atoms with Crippen LogP contribution in [0.15, 0.2) is 41.4 Å². The first kappa shape index (κ1) is 15.4. The van der Waals surface area contributed by atoms with Gasteiger partial charge >= 0.3 is 0 Å². The summed E-state index contributed by atoms with van der Waals surface area (Å²) < 4.78 is 7.90. The average Bonchev–Trinajstić information content (AvgIpc) is 3.22. The predicted molar refractivity (Wildman–Crippen MR) is 93.9 cm³/mol. The number of hydrogen-bond acceptors (Lipinski definition) is 5. The lowest BCUT2D eigenvalue weighted by Gasteiger charge is -2.27. The van der Waals surface area contributed by atoms with Gasteiger partial charge in [-0.3, -0.25) is 14.6 Å². The highest BCUT2D eigenvalue weighted by Crippen LogP contribution is 2.25. The van der Waals surface area contributed by atoms with Crippen molar-refractivity contribution in [3.8, 4) is 5.75 Å². The fourth-order valence-electron chi connectivity index (χ4n) is 3.20. The van der Waals surface area contributed by atoms with Gasteiger partial charge in [-0.15, -0.1) is 0 Å². The molecule has 0 unspecified atom stereocenters. The van der Waals surface area contributed by atoms with Crippen molar-refractivity contribution in [2.45, 2.75) is 26.1 Å². The van der Waals surface area contributed by atoms with Crippen LogP contribution in [0.2, 0.25) is 0 Å².